The third kappa shape index (κ3) is 2.03. The summed E-state index contributed by atoms with van der Waals surface area (Å²) in [6, 6.07) is 0.237. The van der Waals surface area contributed by atoms with Gasteiger partial charge in [-0.25, -0.2) is 0 Å². The van der Waals surface area contributed by atoms with E-state index in [2.05, 4.69) is 11.9 Å². The zero-order valence-electron chi connectivity index (χ0n) is 8.28. The van der Waals surface area contributed by atoms with Crippen LogP contribution in [-0.4, -0.2) is 49.0 Å². The predicted molar refractivity (Wildman–Crippen MR) is 50.6 cm³/mol. The van der Waals surface area contributed by atoms with E-state index in [0.29, 0.717) is 13.2 Å². The van der Waals surface area contributed by atoms with Crippen LogP contribution >= 0.6 is 0 Å². The summed E-state index contributed by atoms with van der Waals surface area (Å²) in [4.78, 5) is 2.27. The van der Waals surface area contributed by atoms with Gasteiger partial charge < -0.3 is 9.84 Å². The van der Waals surface area contributed by atoms with E-state index < -0.39 is 0 Å². The highest BCUT2D eigenvalue weighted by Gasteiger charge is 2.31. The van der Waals surface area contributed by atoms with Crippen LogP contribution in [0.4, 0.5) is 0 Å². The molecule has 76 valence electrons. The second kappa shape index (κ2) is 3.95. The zero-order chi connectivity index (χ0) is 9.26. The summed E-state index contributed by atoms with van der Waals surface area (Å²) < 4.78 is 5.23. The van der Waals surface area contributed by atoms with Gasteiger partial charge in [-0.3, -0.25) is 4.90 Å². The fraction of sp³-hybridized carbons (Fsp3) is 1.00. The number of rotatable bonds is 3. The summed E-state index contributed by atoms with van der Waals surface area (Å²) in [5, 5.41) is 9.60. The topological polar surface area (TPSA) is 32.7 Å². The molecule has 2 rings (SSSR count). The van der Waals surface area contributed by atoms with Crippen LogP contribution in [-0.2, 0) is 4.74 Å². The molecule has 1 aliphatic heterocycles. The van der Waals surface area contributed by atoms with Crippen LogP contribution in [0.2, 0.25) is 0 Å². The summed E-state index contributed by atoms with van der Waals surface area (Å²) in [6.45, 7) is 2.34. The summed E-state index contributed by atoms with van der Waals surface area (Å²) in [6.07, 6.45) is 3.86. The second-order valence-corrected chi connectivity index (χ2v) is 4.41. The molecular weight excluding hydrogens is 166 g/mol. The van der Waals surface area contributed by atoms with Gasteiger partial charge in [0.05, 0.1) is 25.4 Å². The summed E-state index contributed by atoms with van der Waals surface area (Å²) >= 11 is 0. The molecule has 2 fully saturated rings. The molecule has 0 aromatic rings. The maximum atomic E-state index is 9.60. The number of nitrogens with zero attached hydrogens (tertiary/aromatic N) is 1. The van der Waals surface area contributed by atoms with Gasteiger partial charge >= 0.3 is 0 Å². The predicted octanol–water partition coefficient (Wildman–Crippen LogP) is 0.478. The molecule has 0 radical (unpaired) electrons. The van der Waals surface area contributed by atoms with E-state index in [1.54, 1.807) is 0 Å². The lowest BCUT2D eigenvalue weighted by Crippen LogP contribution is -2.43. The molecular formula is C10H19NO2. The average Bonchev–Trinajstić information content (AvgIpc) is 2.43. The van der Waals surface area contributed by atoms with Crippen molar-refractivity contribution in [3.05, 3.63) is 0 Å². The van der Waals surface area contributed by atoms with Crippen molar-refractivity contribution in [2.45, 2.75) is 31.4 Å². The number of hydrogen-bond donors (Lipinski definition) is 1. The molecule has 3 nitrogen and oxygen atoms in total. The first-order chi connectivity index (χ1) is 6.27. The number of ether oxygens (including phenoxy) is 1. The molecule has 0 amide bonds. The van der Waals surface area contributed by atoms with Crippen LogP contribution < -0.4 is 0 Å². The van der Waals surface area contributed by atoms with E-state index in [1.165, 1.54) is 19.3 Å². The Morgan fingerprint density at radius 2 is 2.15 bits per heavy atom. The van der Waals surface area contributed by atoms with Crippen LogP contribution in [0.3, 0.4) is 0 Å². The lowest BCUT2D eigenvalue weighted by molar-refractivity contribution is 0.0780. The monoisotopic (exact) mass is 185 g/mol. The van der Waals surface area contributed by atoms with Crippen LogP contribution in [0.1, 0.15) is 19.3 Å². The minimum absolute atomic E-state index is 0.237. The summed E-state index contributed by atoms with van der Waals surface area (Å²) in [7, 11) is 2.10. The SMILES string of the molecule is CN(CC1CCC1)C1COCC1O. The van der Waals surface area contributed by atoms with Crippen LogP contribution in [0, 0.1) is 5.92 Å². The Bertz CT molecular complexity index is 170. The molecule has 2 atom stereocenters. The van der Waals surface area contributed by atoms with Crippen molar-refractivity contribution in [3.63, 3.8) is 0 Å². The minimum Gasteiger partial charge on any atom is -0.389 e. The molecule has 2 unspecified atom stereocenters. The van der Waals surface area contributed by atoms with Gasteiger partial charge in [0.25, 0.3) is 0 Å². The van der Waals surface area contributed by atoms with E-state index in [0.717, 1.165) is 12.5 Å². The number of likely N-dealkylation sites (N-methyl/N-ethyl adjacent to an activating group) is 1. The molecule has 0 spiro atoms. The Morgan fingerprint density at radius 3 is 2.62 bits per heavy atom. The standard InChI is InChI=1S/C10H19NO2/c1-11(5-8-3-2-4-8)9-6-13-7-10(9)12/h8-10,12H,2-7H2,1H3. The van der Waals surface area contributed by atoms with Gasteiger partial charge in [0, 0.05) is 6.54 Å². The summed E-state index contributed by atoms with van der Waals surface area (Å²) in [5.41, 5.74) is 0. The Kier molecular flexibility index (Phi) is 2.86. The molecule has 0 aromatic carbocycles. The van der Waals surface area contributed by atoms with Gasteiger partial charge in [-0.05, 0) is 25.8 Å². The van der Waals surface area contributed by atoms with Gasteiger partial charge in [-0.2, -0.15) is 0 Å². The Morgan fingerprint density at radius 1 is 1.38 bits per heavy atom. The average molecular weight is 185 g/mol. The molecule has 1 saturated carbocycles. The van der Waals surface area contributed by atoms with Crippen LogP contribution in [0.15, 0.2) is 0 Å². The van der Waals surface area contributed by atoms with Gasteiger partial charge in [0.1, 0.15) is 0 Å². The van der Waals surface area contributed by atoms with Crippen molar-refractivity contribution in [1.82, 2.24) is 4.90 Å². The number of aliphatic hydroxyl groups excluding tert-OH is 1. The minimum atomic E-state index is -0.273. The van der Waals surface area contributed by atoms with Crippen molar-refractivity contribution in [2.75, 3.05) is 26.8 Å². The quantitative estimate of drug-likeness (QED) is 0.694. The molecule has 1 heterocycles. The molecule has 13 heavy (non-hydrogen) atoms. The van der Waals surface area contributed by atoms with Gasteiger partial charge in [0.15, 0.2) is 0 Å². The molecule has 1 N–H and O–H groups in total. The smallest absolute Gasteiger partial charge is 0.0950 e. The van der Waals surface area contributed by atoms with Crippen molar-refractivity contribution in [3.8, 4) is 0 Å². The van der Waals surface area contributed by atoms with Gasteiger partial charge in [0.2, 0.25) is 0 Å². The van der Waals surface area contributed by atoms with Gasteiger partial charge in [-0.15, -0.1) is 0 Å². The number of hydrogen-bond acceptors (Lipinski definition) is 3. The lowest BCUT2D eigenvalue weighted by Gasteiger charge is -2.33. The fourth-order valence-corrected chi connectivity index (χ4v) is 2.17. The van der Waals surface area contributed by atoms with E-state index >= 15 is 0 Å². The van der Waals surface area contributed by atoms with Crippen molar-refractivity contribution in [2.24, 2.45) is 5.92 Å². The van der Waals surface area contributed by atoms with E-state index in [9.17, 15) is 5.11 Å². The first-order valence-electron chi connectivity index (χ1n) is 5.23. The van der Waals surface area contributed by atoms with Gasteiger partial charge in [-0.1, -0.05) is 6.42 Å². The van der Waals surface area contributed by atoms with E-state index in [4.69, 9.17) is 4.74 Å². The third-order valence-electron chi connectivity index (χ3n) is 3.36. The van der Waals surface area contributed by atoms with Crippen molar-refractivity contribution in [1.29, 1.82) is 0 Å². The third-order valence-corrected chi connectivity index (χ3v) is 3.36. The maximum Gasteiger partial charge on any atom is 0.0950 e. The van der Waals surface area contributed by atoms with Crippen LogP contribution in [0.25, 0.3) is 0 Å². The Balaban J connectivity index is 1.77. The Labute approximate surface area is 79.7 Å². The normalized spacial score (nSPS) is 35.3. The van der Waals surface area contributed by atoms with E-state index in [-0.39, 0.29) is 12.1 Å². The molecule has 0 aromatic heterocycles. The molecule has 0 bridgehead atoms. The molecule has 1 saturated heterocycles. The highest BCUT2D eigenvalue weighted by atomic mass is 16.5. The first kappa shape index (κ1) is 9.44. The summed E-state index contributed by atoms with van der Waals surface area (Å²) in [5.74, 6) is 0.873. The van der Waals surface area contributed by atoms with Crippen molar-refractivity contribution < 1.29 is 9.84 Å². The molecule has 2 aliphatic rings. The number of aliphatic hydroxyl groups is 1. The lowest BCUT2D eigenvalue weighted by atomic mass is 9.85. The maximum absolute atomic E-state index is 9.60. The molecule has 3 heteroatoms. The highest BCUT2D eigenvalue weighted by Crippen LogP contribution is 2.27. The zero-order valence-corrected chi connectivity index (χ0v) is 8.28. The Hall–Kier alpha value is -0.120. The first-order valence-corrected chi connectivity index (χ1v) is 5.23. The second-order valence-electron chi connectivity index (χ2n) is 4.41. The fourth-order valence-electron chi connectivity index (χ4n) is 2.17. The highest BCUT2D eigenvalue weighted by molar-refractivity contribution is 4.84. The molecule has 1 aliphatic carbocycles. The van der Waals surface area contributed by atoms with Crippen LogP contribution in [0.5, 0.6) is 0 Å². The van der Waals surface area contributed by atoms with E-state index in [1.807, 2.05) is 0 Å². The largest absolute Gasteiger partial charge is 0.389 e. The van der Waals surface area contributed by atoms with Crippen molar-refractivity contribution >= 4 is 0 Å².